The number of carbonyl (C=O) groups is 1. The average Bonchev–Trinajstić information content (AvgIpc) is 2.56. The highest BCUT2D eigenvalue weighted by Crippen LogP contribution is 2.15. The maximum Gasteiger partial charge on any atom is 0.239 e. The molecule has 1 atom stereocenters. The van der Waals surface area contributed by atoms with Crippen molar-refractivity contribution in [3.63, 3.8) is 0 Å². The highest BCUT2D eigenvalue weighted by molar-refractivity contribution is 5.85. The molecule has 0 heterocycles. The van der Waals surface area contributed by atoms with Crippen LogP contribution in [0, 0.1) is 6.92 Å². The average molecular weight is 349 g/mol. The number of hydrogen-bond donors (Lipinski definition) is 1. The zero-order valence-electron chi connectivity index (χ0n) is 14.1. The summed E-state index contributed by atoms with van der Waals surface area (Å²) in [4.78, 5) is 13.9. The van der Waals surface area contributed by atoms with Gasteiger partial charge in [0.05, 0.1) is 12.6 Å². The molecular weight excluding hydrogens is 324 g/mol. The number of ether oxygens (including phenoxy) is 1. The molecule has 1 amide bonds. The van der Waals surface area contributed by atoms with Gasteiger partial charge in [0, 0.05) is 7.05 Å². The second-order valence-corrected chi connectivity index (χ2v) is 5.67. The molecule has 0 spiro atoms. The molecule has 0 saturated carbocycles. The van der Waals surface area contributed by atoms with Crippen molar-refractivity contribution in [3.8, 4) is 5.75 Å². The fourth-order valence-electron chi connectivity index (χ4n) is 2.36. The van der Waals surface area contributed by atoms with Crippen LogP contribution >= 0.6 is 12.4 Å². The minimum absolute atomic E-state index is 0. The van der Waals surface area contributed by atoms with Crippen LogP contribution in [0.1, 0.15) is 11.1 Å². The van der Waals surface area contributed by atoms with Crippen LogP contribution in [0.25, 0.3) is 0 Å². The third-order valence-corrected chi connectivity index (χ3v) is 3.77. The number of nitrogens with zero attached hydrogens (tertiary/aromatic N) is 1. The van der Waals surface area contributed by atoms with Crippen molar-refractivity contribution in [1.82, 2.24) is 4.90 Å². The highest BCUT2D eigenvalue weighted by Gasteiger charge is 2.18. The molecule has 5 heteroatoms. The largest absolute Gasteiger partial charge is 0.491 e. The van der Waals surface area contributed by atoms with Crippen molar-refractivity contribution in [2.75, 3.05) is 20.2 Å². The lowest BCUT2D eigenvalue weighted by atomic mass is 10.1. The summed E-state index contributed by atoms with van der Waals surface area (Å²) < 4.78 is 5.72. The predicted octanol–water partition coefficient (Wildman–Crippen LogP) is 2.82. The van der Waals surface area contributed by atoms with Gasteiger partial charge in [0.2, 0.25) is 5.91 Å². The summed E-state index contributed by atoms with van der Waals surface area (Å²) in [5.41, 5.74) is 8.18. The minimum atomic E-state index is -0.527. The standard InChI is InChI=1S/C19H24N2O2.ClH/c1-15-8-6-7-11-18(15)23-13-12-21(2)19(22)17(20)14-16-9-4-3-5-10-16;/h3-11,17H,12-14,20H2,1-2H3;1H. The topological polar surface area (TPSA) is 55.6 Å². The van der Waals surface area contributed by atoms with E-state index in [9.17, 15) is 4.79 Å². The number of aryl methyl sites for hydroxylation is 1. The zero-order chi connectivity index (χ0) is 16.7. The molecule has 0 saturated heterocycles. The van der Waals surface area contributed by atoms with E-state index in [1.807, 2.05) is 61.5 Å². The number of carbonyl (C=O) groups excluding carboxylic acids is 1. The Hall–Kier alpha value is -2.04. The molecule has 0 aliphatic rings. The van der Waals surface area contributed by atoms with Gasteiger partial charge in [-0.3, -0.25) is 4.79 Å². The van der Waals surface area contributed by atoms with Crippen LogP contribution in [0.5, 0.6) is 5.75 Å². The Labute approximate surface area is 150 Å². The SMILES string of the molecule is Cc1ccccc1OCCN(C)C(=O)C(N)Cc1ccccc1.Cl. The molecule has 130 valence electrons. The quantitative estimate of drug-likeness (QED) is 0.837. The Kier molecular flexibility index (Phi) is 8.30. The molecule has 0 fully saturated rings. The summed E-state index contributed by atoms with van der Waals surface area (Å²) in [6, 6.07) is 17.1. The van der Waals surface area contributed by atoms with E-state index in [1.54, 1.807) is 11.9 Å². The van der Waals surface area contributed by atoms with Crippen LogP contribution in [-0.4, -0.2) is 37.0 Å². The third-order valence-electron chi connectivity index (χ3n) is 3.77. The van der Waals surface area contributed by atoms with Gasteiger partial charge in [-0.05, 0) is 30.5 Å². The lowest BCUT2D eigenvalue weighted by Gasteiger charge is -2.21. The van der Waals surface area contributed by atoms with E-state index < -0.39 is 6.04 Å². The van der Waals surface area contributed by atoms with Gasteiger partial charge in [-0.2, -0.15) is 0 Å². The molecule has 24 heavy (non-hydrogen) atoms. The van der Waals surface area contributed by atoms with Crippen LogP contribution in [0.4, 0.5) is 0 Å². The summed E-state index contributed by atoms with van der Waals surface area (Å²) in [5, 5.41) is 0. The van der Waals surface area contributed by atoms with Gasteiger partial charge in [0.25, 0.3) is 0 Å². The van der Waals surface area contributed by atoms with Gasteiger partial charge in [0.15, 0.2) is 0 Å². The molecule has 0 bridgehead atoms. The van der Waals surface area contributed by atoms with E-state index in [2.05, 4.69) is 0 Å². The van der Waals surface area contributed by atoms with Crippen molar-refractivity contribution in [3.05, 3.63) is 65.7 Å². The Bertz CT molecular complexity index is 634. The van der Waals surface area contributed by atoms with E-state index >= 15 is 0 Å². The lowest BCUT2D eigenvalue weighted by molar-refractivity contribution is -0.131. The van der Waals surface area contributed by atoms with Crippen LogP contribution in [-0.2, 0) is 11.2 Å². The first kappa shape index (κ1) is 20.0. The number of nitrogens with two attached hydrogens (primary N) is 1. The van der Waals surface area contributed by atoms with Crippen LogP contribution in [0.2, 0.25) is 0 Å². The lowest BCUT2D eigenvalue weighted by Crippen LogP contribution is -2.44. The monoisotopic (exact) mass is 348 g/mol. The molecule has 4 nitrogen and oxygen atoms in total. The van der Waals surface area contributed by atoms with Crippen molar-refractivity contribution < 1.29 is 9.53 Å². The molecule has 2 aromatic rings. The summed E-state index contributed by atoms with van der Waals surface area (Å²) in [6.45, 7) is 2.96. The Balaban J connectivity index is 0.00000288. The van der Waals surface area contributed by atoms with E-state index in [0.29, 0.717) is 19.6 Å². The Morgan fingerprint density at radius 1 is 1.12 bits per heavy atom. The minimum Gasteiger partial charge on any atom is -0.491 e. The normalized spacial score (nSPS) is 11.3. The number of rotatable bonds is 7. The van der Waals surface area contributed by atoms with Gasteiger partial charge < -0.3 is 15.4 Å². The number of halogens is 1. The summed E-state index contributed by atoms with van der Waals surface area (Å²) in [7, 11) is 1.76. The van der Waals surface area contributed by atoms with Gasteiger partial charge in [-0.1, -0.05) is 48.5 Å². The van der Waals surface area contributed by atoms with Gasteiger partial charge >= 0.3 is 0 Å². The first-order valence-electron chi connectivity index (χ1n) is 7.81. The fraction of sp³-hybridized carbons (Fsp3) is 0.316. The van der Waals surface area contributed by atoms with Crippen molar-refractivity contribution >= 4 is 18.3 Å². The highest BCUT2D eigenvalue weighted by atomic mass is 35.5. The fourth-order valence-corrected chi connectivity index (χ4v) is 2.36. The van der Waals surface area contributed by atoms with Crippen molar-refractivity contribution in [2.24, 2.45) is 5.73 Å². The maximum absolute atomic E-state index is 12.3. The molecule has 0 aliphatic carbocycles. The van der Waals surface area contributed by atoms with E-state index in [0.717, 1.165) is 16.9 Å². The van der Waals surface area contributed by atoms with Gasteiger partial charge in [-0.15, -0.1) is 12.4 Å². The van der Waals surface area contributed by atoms with E-state index in [-0.39, 0.29) is 18.3 Å². The summed E-state index contributed by atoms with van der Waals surface area (Å²) in [5.74, 6) is 0.782. The second-order valence-electron chi connectivity index (χ2n) is 5.67. The van der Waals surface area contributed by atoms with Crippen molar-refractivity contribution in [1.29, 1.82) is 0 Å². The molecule has 0 radical (unpaired) electrons. The predicted molar refractivity (Wildman–Crippen MR) is 99.7 cm³/mol. The first-order valence-corrected chi connectivity index (χ1v) is 7.81. The molecule has 0 aliphatic heterocycles. The molecule has 0 aromatic heterocycles. The number of hydrogen-bond acceptors (Lipinski definition) is 3. The summed E-state index contributed by atoms with van der Waals surface area (Å²) >= 11 is 0. The van der Waals surface area contributed by atoms with E-state index in [1.165, 1.54) is 0 Å². The first-order chi connectivity index (χ1) is 11.1. The molecule has 1 unspecified atom stereocenters. The molecule has 2 aromatic carbocycles. The smallest absolute Gasteiger partial charge is 0.239 e. The third kappa shape index (κ3) is 5.87. The van der Waals surface area contributed by atoms with Crippen LogP contribution in [0.15, 0.2) is 54.6 Å². The zero-order valence-corrected chi connectivity index (χ0v) is 15.0. The Morgan fingerprint density at radius 3 is 2.42 bits per heavy atom. The van der Waals surface area contributed by atoms with Gasteiger partial charge in [0.1, 0.15) is 12.4 Å². The van der Waals surface area contributed by atoms with Crippen molar-refractivity contribution in [2.45, 2.75) is 19.4 Å². The molecular formula is C19H25ClN2O2. The number of para-hydroxylation sites is 1. The van der Waals surface area contributed by atoms with Crippen LogP contribution in [0.3, 0.4) is 0 Å². The number of amides is 1. The molecule has 2 N–H and O–H groups in total. The second kappa shape index (κ2) is 9.96. The van der Waals surface area contributed by atoms with Crippen LogP contribution < -0.4 is 10.5 Å². The molecule has 2 rings (SSSR count). The van der Waals surface area contributed by atoms with Gasteiger partial charge in [-0.25, -0.2) is 0 Å². The Morgan fingerprint density at radius 2 is 1.75 bits per heavy atom. The number of benzene rings is 2. The number of likely N-dealkylation sites (N-methyl/N-ethyl adjacent to an activating group) is 1. The maximum atomic E-state index is 12.3. The summed E-state index contributed by atoms with van der Waals surface area (Å²) in [6.07, 6.45) is 0.544. The van der Waals surface area contributed by atoms with E-state index in [4.69, 9.17) is 10.5 Å².